The van der Waals surface area contributed by atoms with E-state index in [-0.39, 0.29) is 17.5 Å². The van der Waals surface area contributed by atoms with Gasteiger partial charge in [0.25, 0.3) is 5.91 Å². The van der Waals surface area contributed by atoms with Gasteiger partial charge in [-0.15, -0.1) is 11.3 Å². The van der Waals surface area contributed by atoms with E-state index in [1.54, 1.807) is 22.2 Å². The largest absolute Gasteiger partial charge is 0.478 e. The van der Waals surface area contributed by atoms with E-state index in [1.807, 2.05) is 24.8 Å². The third-order valence-electron chi connectivity index (χ3n) is 4.35. The zero-order chi connectivity index (χ0) is 16.6. The SMILES string of the molecule is Cc1cc(C(=O)N2CCC(n3cc(C(=O)O)cn3)CC2)sc1C. The average Bonchev–Trinajstić information content (AvgIpc) is 3.15. The molecule has 2 aromatic heterocycles. The van der Waals surface area contributed by atoms with Gasteiger partial charge < -0.3 is 10.0 Å². The van der Waals surface area contributed by atoms with Gasteiger partial charge in [-0.1, -0.05) is 0 Å². The maximum absolute atomic E-state index is 12.5. The number of carboxylic acids is 1. The summed E-state index contributed by atoms with van der Waals surface area (Å²) in [6.07, 6.45) is 4.51. The maximum atomic E-state index is 12.5. The number of hydrogen-bond donors (Lipinski definition) is 1. The number of aromatic nitrogens is 2. The van der Waals surface area contributed by atoms with Gasteiger partial charge in [-0.25, -0.2) is 4.79 Å². The molecular formula is C16H19N3O3S. The van der Waals surface area contributed by atoms with Crippen LogP contribution in [0.1, 0.15) is 49.4 Å². The van der Waals surface area contributed by atoms with Crippen molar-refractivity contribution in [1.29, 1.82) is 0 Å². The Morgan fingerprint density at radius 3 is 2.52 bits per heavy atom. The Bertz CT molecular complexity index is 722. The Hall–Kier alpha value is -2.15. The van der Waals surface area contributed by atoms with E-state index >= 15 is 0 Å². The third-order valence-corrected chi connectivity index (χ3v) is 5.49. The number of carboxylic acid groups (broad SMARTS) is 1. The van der Waals surface area contributed by atoms with Crippen LogP contribution in [0, 0.1) is 13.8 Å². The summed E-state index contributed by atoms with van der Waals surface area (Å²) in [4.78, 5) is 27.3. The number of nitrogens with zero attached hydrogens (tertiary/aromatic N) is 3. The average molecular weight is 333 g/mol. The second-order valence-electron chi connectivity index (χ2n) is 5.89. The van der Waals surface area contributed by atoms with Gasteiger partial charge in [-0.05, 0) is 38.3 Å². The fourth-order valence-corrected chi connectivity index (χ4v) is 3.82. The predicted octanol–water partition coefficient (Wildman–Crippen LogP) is 2.74. The number of amides is 1. The van der Waals surface area contributed by atoms with Crippen LogP contribution in [0.15, 0.2) is 18.5 Å². The molecule has 1 saturated heterocycles. The van der Waals surface area contributed by atoms with Gasteiger partial charge in [0.05, 0.1) is 22.7 Å². The molecule has 3 rings (SSSR count). The van der Waals surface area contributed by atoms with E-state index in [0.29, 0.717) is 13.1 Å². The normalized spacial score (nSPS) is 15.8. The van der Waals surface area contributed by atoms with Gasteiger partial charge in [-0.3, -0.25) is 9.48 Å². The number of piperidine rings is 1. The van der Waals surface area contributed by atoms with Crippen LogP contribution >= 0.6 is 11.3 Å². The fraction of sp³-hybridized carbons (Fsp3) is 0.438. The maximum Gasteiger partial charge on any atom is 0.338 e. The van der Waals surface area contributed by atoms with E-state index in [2.05, 4.69) is 5.10 Å². The van der Waals surface area contributed by atoms with Crippen molar-refractivity contribution in [3.8, 4) is 0 Å². The first-order valence-electron chi connectivity index (χ1n) is 7.59. The van der Waals surface area contributed by atoms with Gasteiger partial charge in [0.15, 0.2) is 0 Å². The summed E-state index contributed by atoms with van der Waals surface area (Å²) >= 11 is 1.55. The number of aryl methyl sites for hydroxylation is 2. The molecular weight excluding hydrogens is 314 g/mol. The number of carbonyl (C=O) groups is 2. The third kappa shape index (κ3) is 3.14. The summed E-state index contributed by atoms with van der Waals surface area (Å²) in [5.74, 6) is -0.872. The summed E-state index contributed by atoms with van der Waals surface area (Å²) in [6, 6.07) is 2.11. The minimum absolute atomic E-state index is 0.0938. The molecule has 122 valence electrons. The molecule has 7 heteroatoms. The first kappa shape index (κ1) is 15.7. The van der Waals surface area contributed by atoms with Crippen LogP contribution in [0.5, 0.6) is 0 Å². The minimum atomic E-state index is -0.965. The zero-order valence-corrected chi connectivity index (χ0v) is 14.0. The number of rotatable bonds is 3. The van der Waals surface area contributed by atoms with Crippen molar-refractivity contribution >= 4 is 23.2 Å². The molecule has 1 N–H and O–H groups in total. The molecule has 6 nitrogen and oxygen atoms in total. The molecule has 0 atom stereocenters. The van der Waals surface area contributed by atoms with E-state index in [1.165, 1.54) is 11.1 Å². The highest BCUT2D eigenvalue weighted by Gasteiger charge is 2.26. The Morgan fingerprint density at radius 2 is 2.00 bits per heavy atom. The fourth-order valence-electron chi connectivity index (χ4n) is 2.82. The molecule has 23 heavy (non-hydrogen) atoms. The van der Waals surface area contributed by atoms with Crippen LogP contribution in [-0.2, 0) is 0 Å². The van der Waals surface area contributed by atoms with Crippen molar-refractivity contribution in [2.75, 3.05) is 13.1 Å². The molecule has 1 aliphatic heterocycles. The van der Waals surface area contributed by atoms with Gasteiger partial charge in [-0.2, -0.15) is 5.10 Å². The molecule has 1 amide bonds. The number of aromatic carboxylic acids is 1. The lowest BCUT2D eigenvalue weighted by Gasteiger charge is -2.31. The van der Waals surface area contributed by atoms with Crippen molar-refractivity contribution in [2.24, 2.45) is 0 Å². The standard InChI is InChI=1S/C16H19N3O3S/c1-10-7-14(23-11(10)2)15(20)18-5-3-13(4-6-18)19-9-12(8-17-19)16(21)22/h7-9,13H,3-6H2,1-2H3,(H,21,22). The molecule has 0 aliphatic carbocycles. The Balaban J connectivity index is 1.63. The van der Waals surface area contributed by atoms with Gasteiger partial charge >= 0.3 is 5.97 Å². The van der Waals surface area contributed by atoms with Crippen molar-refractivity contribution < 1.29 is 14.7 Å². The van der Waals surface area contributed by atoms with Crippen LogP contribution in [0.3, 0.4) is 0 Å². The summed E-state index contributed by atoms with van der Waals surface area (Å²) < 4.78 is 1.71. The first-order valence-corrected chi connectivity index (χ1v) is 8.41. The molecule has 0 unspecified atom stereocenters. The van der Waals surface area contributed by atoms with Gasteiger partial charge in [0.1, 0.15) is 0 Å². The first-order chi connectivity index (χ1) is 11.0. The highest BCUT2D eigenvalue weighted by molar-refractivity contribution is 7.14. The van der Waals surface area contributed by atoms with Crippen molar-refractivity contribution in [2.45, 2.75) is 32.7 Å². The molecule has 0 aromatic carbocycles. The lowest BCUT2D eigenvalue weighted by atomic mass is 10.1. The highest BCUT2D eigenvalue weighted by Crippen LogP contribution is 2.26. The molecule has 0 spiro atoms. The lowest BCUT2D eigenvalue weighted by molar-refractivity contribution is 0.0691. The minimum Gasteiger partial charge on any atom is -0.478 e. The van der Waals surface area contributed by atoms with Gasteiger partial charge in [0.2, 0.25) is 0 Å². The molecule has 0 radical (unpaired) electrons. The van der Waals surface area contributed by atoms with E-state index < -0.39 is 5.97 Å². The van der Waals surface area contributed by atoms with E-state index in [4.69, 9.17) is 5.11 Å². The molecule has 0 saturated carbocycles. The zero-order valence-electron chi connectivity index (χ0n) is 13.2. The van der Waals surface area contributed by atoms with E-state index in [9.17, 15) is 9.59 Å². The highest BCUT2D eigenvalue weighted by atomic mass is 32.1. The van der Waals surface area contributed by atoms with Crippen molar-refractivity contribution in [3.05, 3.63) is 39.3 Å². The van der Waals surface area contributed by atoms with Crippen molar-refractivity contribution in [3.63, 3.8) is 0 Å². The summed E-state index contributed by atoms with van der Waals surface area (Å²) in [7, 11) is 0. The van der Waals surface area contributed by atoms with Crippen LogP contribution in [0.2, 0.25) is 0 Å². The Kier molecular flexibility index (Phi) is 4.21. The predicted molar refractivity (Wildman–Crippen MR) is 87.2 cm³/mol. The molecule has 1 fully saturated rings. The second kappa shape index (κ2) is 6.16. The lowest BCUT2D eigenvalue weighted by Crippen LogP contribution is -2.38. The number of likely N-dealkylation sites (tertiary alicyclic amines) is 1. The smallest absolute Gasteiger partial charge is 0.338 e. The second-order valence-corrected chi connectivity index (χ2v) is 7.14. The number of carbonyl (C=O) groups excluding carboxylic acids is 1. The Morgan fingerprint density at radius 1 is 1.30 bits per heavy atom. The topological polar surface area (TPSA) is 75.4 Å². The van der Waals surface area contributed by atoms with Gasteiger partial charge in [0, 0.05) is 24.2 Å². The van der Waals surface area contributed by atoms with Crippen LogP contribution in [0.4, 0.5) is 0 Å². The van der Waals surface area contributed by atoms with Crippen LogP contribution < -0.4 is 0 Å². The Labute approximate surface area is 138 Å². The molecule has 0 bridgehead atoms. The monoisotopic (exact) mass is 333 g/mol. The summed E-state index contributed by atoms with van der Waals surface area (Å²) in [5.41, 5.74) is 1.36. The molecule has 2 aromatic rings. The molecule has 3 heterocycles. The molecule has 1 aliphatic rings. The van der Waals surface area contributed by atoms with Crippen molar-refractivity contribution in [1.82, 2.24) is 14.7 Å². The quantitative estimate of drug-likeness (QED) is 0.937. The van der Waals surface area contributed by atoms with Crippen LogP contribution in [-0.4, -0.2) is 44.8 Å². The summed E-state index contributed by atoms with van der Waals surface area (Å²) in [5, 5.41) is 13.1. The number of hydrogen-bond acceptors (Lipinski definition) is 4. The van der Waals surface area contributed by atoms with E-state index in [0.717, 1.165) is 23.3 Å². The summed E-state index contributed by atoms with van der Waals surface area (Å²) in [6.45, 7) is 5.39. The number of thiophene rings is 1. The van der Waals surface area contributed by atoms with Crippen LogP contribution in [0.25, 0.3) is 0 Å².